The largest absolute Gasteiger partial charge is 0.449 e. The van der Waals surface area contributed by atoms with E-state index < -0.39 is 23.8 Å². The molecular weight excluding hydrogens is 368 g/mol. The molecule has 2 rings (SSSR count). The lowest BCUT2D eigenvalue weighted by molar-refractivity contribution is -0.148. The van der Waals surface area contributed by atoms with Gasteiger partial charge in [-0.2, -0.15) is 0 Å². The number of ether oxygens (including phenoxy) is 1. The zero-order chi connectivity index (χ0) is 18.4. The molecule has 4 nitrogen and oxygen atoms in total. The normalized spacial score (nSPS) is 12.0. The van der Waals surface area contributed by atoms with Crippen LogP contribution in [0.3, 0.4) is 0 Å². The molecule has 0 aliphatic heterocycles. The average molecular weight is 382 g/mol. The second-order valence-electron chi connectivity index (χ2n) is 5.08. The van der Waals surface area contributed by atoms with Gasteiger partial charge >= 0.3 is 5.97 Å². The second kappa shape index (κ2) is 8.65. The molecule has 2 aromatic carbocycles. The van der Waals surface area contributed by atoms with Gasteiger partial charge in [0, 0.05) is 11.1 Å². The molecule has 130 valence electrons. The first-order valence-corrected chi connectivity index (χ1v) is 8.01. The van der Waals surface area contributed by atoms with Crippen molar-refractivity contribution in [1.29, 1.82) is 0 Å². The number of halogens is 3. The minimum atomic E-state index is -1.06. The van der Waals surface area contributed by atoms with Crippen LogP contribution in [0.1, 0.15) is 12.5 Å². The van der Waals surface area contributed by atoms with Crippen molar-refractivity contribution < 1.29 is 18.7 Å². The highest BCUT2D eigenvalue weighted by Crippen LogP contribution is 2.25. The van der Waals surface area contributed by atoms with Gasteiger partial charge in [0.05, 0.1) is 10.7 Å². The Hall–Kier alpha value is -2.37. The van der Waals surface area contributed by atoms with Crippen molar-refractivity contribution in [2.75, 3.05) is 5.32 Å². The van der Waals surface area contributed by atoms with Gasteiger partial charge in [-0.1, -0.05) is 35.3 Å². The predicted octanol–water partition coefficient (Wildman–Crippen LogP) is 4.72. The Bertz CT molecular complexity index is 824. The Kier molecular flexibility index (Phi) is 6.56. The summed E-state index contributed by atoms with van der Waals surface area (Å²) in [6, 6.07) is 10.3. The zero-order valence-corrected chi connectivity index (χ0v) is 14.6. The summed E-state index contributed by atoms with van der Waals surface area (Å²) in [4.78, 5) is 23.8. The van der Waals surface area contributed by atoms with Crippen LogP contribution >= 0.6 is 23.2 Å². The van der Waals surface area contributed by atoms with E-state index in [0.29, 0.717) is 21.3 Å². The average Bonchev–Trinajstić information content (AvgIpc) is 2.56. The molecule has 1 N–H and O–H groups in total. The fraction of sp³-hybridized carbons (Fsp3) is 0.111. The SMILES string of the molecule is C[C@H](OC(=O)/C=C/c1cccc(F)c1)C(=O)Nc1cc(Cl)ccc1Cl. The molecule has 0 aromatic heterocycles. The summed E-state index contributed by atoms with van der Waals surface area (Å²) < 4.78 is 18.1. The molecule has 0 fully saturated rings. The van der Waals surface area contributed by atoms with E-state index in [2.05, 4.69) is 5.32 Å². The quantitative estimate of drug-likeness (QED) is 0.602. The van der Waals surface area contributed by atoms with E-state index >= 15 is 0 Å². The Balaban J connectivity index is 1.94. The van der Waals surface area contributed by atoms with Crippen molar-refractivity contribution in [2.45, 2.75) is 13.0 Å². The fourth-order valence-corrected chi connectivity index (χ4v) is 2.21. The monoisotopic (exact) mass is 381 g/mol. The molecule has 7 heteroatoms. The van der Waals surface area contributed by atoms with Crippen LogP contribution in [0.5, 0.6) is 0 Å². The molecule has 0 bridgehead atoms. The molecule has 1 atom stereocenters. The Morgan fingerprint density at radius 2 is 1.96 bits per heavy atom. The van der Waals surface area contributed by atoms with E-state index in [1.54, 1.807) is 12.1 Å². The van der Waals surface area contributed by atoms with Gasteiger partial charge in [-0.05, 0) is 48.9 Å². The molecule has 0 aliphatic carbocycles. The summed E-state index contributed by atoms with van der Waals surface area (Å²) in [7, 11) is 0. The molecule has 0 radical (unpaired) electrons. The number of nitrogens with one attached hydrogen (secondary N) is 1. The molecule has 0 aliphatic rings. The molecule has 0 heterocycles. The molecule has 0 saturated carbocycles. The Morgan fingerprint density at radius 3 is 2.68 bits per heavy atom. The van der Waals surface area contributed by atoms with E-state index in [4.69, 9.17) is 27.9 Å². The third kappa shape index (κ3) is 5.89. The number of hydrogen-bond donors (Lipinski definition) is 1. The first-order valence-electron chi connectivity index (χ1n) is 7.25. The predicted molar refractivity (Wildman–Crippen MR) is 96.1 cm³/mol. The lowest BCUT2D eigenvalue weighted by atomic mass is 10.2. The van der Waals surface area contributed by atoms with Crippen molar-refractivity contribution in [1.82, 2.24) is 0 Å². The molecule has 1 amide bonds. The van der Waals surface area contributed by atoms with Gasteiger partial charge in [0.25, 0.3) is 5.91 Å². The fourth-order valence-electron chi connectivity index (χ4n) is 1.87. The standard InChI is InChI=1S/C18H14Cl2FNO3/c1-11(18(24)22-16-10-13(19)6-7-15(16)20)25-17(23)8-5-12-3-2-4-14(21)9-12/h2-11H,1H3,(H,22,24)/b8-5+/t11-/m0/s1. The minimum absolute atomic E-state index is 0.308. The van der Waals surface area contributed by atoms with Gasteiger partial charge in [-0.3, -0.25) is 4.79 Å². The number of hydrogen-bond acceptors (Lipinski definition) is 3. The van der Waals surface area contributed by atoms with E-state index in [0.717, 1.165) is 6.08 Å². The zero-order valence-electron chi connectivity index (χ0n) is 13.1. The van der Waals surface area contributed by atoms with E-state index in [9.17, 15) is 14.0 Å². The highest BCUT2D eigenvalue weighted by atomic mass is 35.5. The van der Waals surface area contributed by atoms with Crippen LogP contribution < -0.4 is 5.32 Å². The maximum Gasteiger partial charge on any atom is 0.331 e. The highest BCUT2D eigenvalue weighted by molar-refractivity contribution is 6.35. The topological polar surface area (TPSA) is 55.4 Å². The lowest BCUT2D eigenvalue weighted by Crippen LogP contribution is -2.29. The molecule has 0 saturated heterocycles. The van der Waals surface area contributed by atoms with Crippen LogP contribution in [-0.2, 0) is 14.3 Å². The minimum Gasteiger partial charge on any atom is -0.449 e. The van der Waals surface area contributed by atoms with Crippen molar-refractivity contribution in [3.8, 4) is 0 Å². The maximum absolute atomic E-state index is 13.1. The Labute approximate surface area is 154 Å². The van der Waals surface area contributed by atoms with Crippen LogP contribution in [0.15, 0.2) is 48.5 Å². The van der Waals surface area contributed by atoms with Crippen LogP contribution in [0.2, 0.25) is 10.0 Å². The Morgan fingerprint density at radius 1 is 1.20 bits per heavy atom. The molecule has 0 spiro atoms. The number of amides is 1. The molecule has 0 unspecified atom stereocenters. The summed E-state index contributed by atoms with van der Waals surface area (Å²) in [5.74, 6) is -1.71. The van der Waals surface area contributed by atoms with Crippen LogP contribution in [-0.4, -0.2) is 18.0 Å². The van der Waals surface area contributed by atoms with E-state index in [1.807, 2.05) is 0 Å². The van der Waals surface area contributed by atoms with Gasteiger partial charge in [-0.25, -0.2) is 9.18 Å². The van der Waals surface area contributed by atoms with E-state index in [-0.39, 0.29) is 0 Å². The van der Waals surface area contributed by atoms with Crippen molar-refractivity contribution >= 4 is 46.8 Å². The number of rotatable bonds is 5. The summed E-state index contributed by atoms with van der Waals surface area (Å²) in [5.41, 5.74) is 0.817. The van der Waals surface area contributed by atoms with Gasteiger partial charge < -0.3 is 10.1 Å². The number of anilines is 1. The first-order chi connectivity index (χ1) is 11.8. The summed E-state index contributed by atoms with van der Waals surface area (Å²) in [5, 5.41) is 3.24. The summed E-state index contributed by atoms with van der Waals surface area (Å²) in [6.07, 6.45) is 1.45. The highest BCUT2D eigenvalue weighted by Gasteiger charge is 2.17. The number of carbonyl (C=O) groups is 2. The van der Waals surface area contributed by atoms with Gasteiger partial charge in [0.15, 0.2) is 6.10 Å². The van der Waals surface area contributed by atoms with Crippen molar-refractivity contribution in [2.24, 2.45) is 0 Å². The van der Waals surface area contributed by atoms with Crippen LogP contribution in [0, 0.1) is 5.82 Å². The third-order valence-corrected chi connectivity index (χ3v) is 3.67. The van der Waals surface area contributed by atoms with Gasteiger partial charge in [0.2, 0.25) is 0 Å². The molecule has 2 aromatic rings. The van der Waals surface area contributed by atoms with Crippen molar-refractivity contribution in [3.63, 3.8) is 0 Å². The maximum atomic E-state index is 13.1. The van der Waals surface area contributed by atoms with Crippen LogP contribution in [0.25, 0.3) is 6.08 Å². The second-order valence-corrected chi connectivity index (χ2v) is 5.92. The molecular formula is C18H14Cl2FNO3. The van der Waals surface area contributed by atoms with E-state index in [1.165, 1.54) is 43.3 Å². The van der Waals surface area contributed by atoms with Gasteiger partial charge in [0.1, 0.15) is 5.82 Å². The summed E-state index contributed by atoms with van der Waals surface area (Å²) in [6.45, 7) is 1.42. The number of esters is 1. The number of carbonyl (C=O) groups excluding carboxylic acids is 2. The van der Waals surface area contributed by atoms with Crippen molar-refractivity contribution in [3.05, 3.63) is 70.0 Å². The smallest absolute Gasteiger partial charge is 0.331 e. The van der Waals surface area contributed by atoms with Gasteiger partial charge in [-0.15, -0.1) is 0 Å². The number of benzene rings is 2. The first kappa shape index (κ1) is 19.0. The van der Waals surface area contributed by atoms with Crippen LogP contribution in [0.4, 0.5) is 10.1 Å². The third-order valence-electron chi connectivity index (χ3n) is 3.11. The summed E-state index contributed by atoms with van der Waals surface area (Å²) >= 11 is 11.8. The lowest BCUT2D eigenvalue weighted by Gasteiger charge is -2.13. The molecule has 25 heavy (non-hydrogen) atoms.